The summed E-state index contributed by atoms with van der Waals surface area (Å²) in [6, 6.07) is 7.48. The van der Waals surface area contributed by atoms with Crippen molar-refractivity contribution in [3.63, 3.8) is 0 Å². The van der Waals surface area contributed by atoms with Gasteiger partial charge in [0.15, 0.2) is 5.16 Å². The topological polar surface area (TPSA) is 80.1 Å². The molecule has 1 N–H and O–H groups in total. The van der Waals surface area contributed by atoms with Crippen LogP contribution in [-0.2, 0) is 11.8 Å². The van der Waals surface area contributed by atoms with Crippen LogP contribution in [0.25, 0.3) is 0 Å². The Hall–Kier alpha value is -2.00. The highest BCUT2D eigenvalue weighted by Gasteiger charge is 2.23. The second kappa shape index (κ2) is 7.05. The third-order valence-electron chi connectivity index (χ3n) is 3.20. The van der Waals surface area contributed by atoms with E-state index in [1.54, 1.807) is 11.2 Å². The van der Waals surface area contributed by atoms with Gasteiger partial charge < -0.3 is 14.8 Å². The minimum atomic E-state index is -0.186. The summed E-state index contributed by atoms with van der Waals surface area (Å²) in [6.07, 6.45) is 1.65. The average Bonchev–Trinajstić information content (AvgIpc) is 3.11. The molecule has 2 aromatic rings. The minimum Gasteiger partial charge on any atom is -0.325 e. The summed E-state index contributed by atoms with van der Waals surface area (Å²) in [7, 11) is 1.88. The Morgan fingerprint density at radius 1 is 1.39 bits per heavy atom. The molecule has 1 aliphatic rings. The quantitative estimate of drug-likeness (QED) is 0.890. The molecule has 0 unspecified atom stereocenters. The van der Waals surface area contributed by atoms with Gasteiger partial charge in [0.1, 0.15) is 12.9 Å². The van der Waals surface area contributed by atoms with Gasteiger partial charge in [0.25, 0.3) is 5.24 Å². The molecule has 0 atom stereocenters. The second-order valence-corrected chi connectivity index (χ2v) is 7.02. The summed E-state index contributed by atoms with van der Waals surface area (Å²) in [6.45, 7) is 0.728. The fourth-order valence-electron chi connectivity index (χ4n) is 2.02. The van der Waals surface area contributed by atoms with Crippen LogP contribution in [0.4, 0.5) is 10.5 Å². The highest BCUT2D eigenvalue weighted by atomic mass is 32.2. The Bertz CT molecular complexity index is 716. The van der Waals surface area contributed by atoms with Gasteiger partial charge in [0.2, 0.25) is 5.91 Å². The molecule has 3 rings (SSSR count). The van der Waals surface area contributed by atoms with Crippen LogP contribution in [0.2, 0.25) is 0 Å². The van der Waals surface area contributed by atoms with Crippen molar-refractivity contribution in [1.82, 2.24) is 19.7 Å². The Morgan fingerprint density at radius 3 is 2.78 bits per heavy atom. The van der Waals surface area contributed by atoms with E-state index < -0.39 is 0 Å². The van der Waals surface area contributed by atoms with Crippen LogP contribution in [0.15, 0.2) is 40.6 Å². The molecule has 1 fully saturated rings. The van der Waals surface area contributed by atoms with Crippen molar-refractivity contribution in [2.24, 2.45) is 7.05 Å². The van der Waals surface area contributed by atoms with Crippen LogP contribution >= 0.6 is 23.5 Å². The van der Waals surface area contributed by atoms with Crippen molar-refractivity contribution < 1.29 is 9.59 Å². The summed E-state index contributed by atoms with van der Waals surface area (Å²) in [5.41, 5.74) is 0.705. The number of aromatic nitrogens is 3. The third kappa shape index (κ3) is 4.05. The zero-order valence-electron chi connectivity index (χ0n) is 12.4. The van der Waals surface area contributed by atoms with Gasteiger partial charge in [-0.25, -0.2) is 0 Å². The van der Waals surface area contributed by atoms with Gasteiger partial charge in [-0.05, 0) is 36.0 Å². The molecule has 1 aromatic heterocycles. The number of hydrogen-bond acceptors (Lipinski definition) is 6. The first kappa shape index (κ1) is 15.9. The highest BCUT2D eigenvalue weighted by Crippen LogP contribution is 2.26. The zero-order valence-corrected chi connectivity index (χ0v) is 14.1. The molecule has 9 heteroatoms. The Labute approximate surface area is 141 Å². The van der Waals surface area contributed by atoms with E-state index in [4.69, 9.17) is 0 Å². The molecule has 0 saturated carbocycles. The van der Waals surface area contributed by atoms with Crippen LogP contribution in [0.3, 0.4) is 0 Å². The second-order valence-electron chi connectivity index (χ2n) is 4.93. The SMILES string of the molecule is Cn1cnnc1Sc1ccc(NC(=O)CN2CCSC2=O)cc1. The van der Waals surface area contributed by atoms with Crippen molar-refractivity contribution in [2.75, 3.05) is 24.2 Å². The molecule has 1 aliphatic heterocycles. The summed E-state index contributed by atoms with van der Waals surface area (Å²) in [5, 5.41) is 11.4. The lowest BCUT2D eigenvalue weighted by molar-refractivity contribution is -0.116. The molecular formula is C14H15N5O2S2. The lowest BCUT2D eigenvalue weighted by Gasteiger charge is -2.14. The van der Waals surface area contributed by atoms with E-state index >= 15 is 0 Å². The molecule has 0 bridgehead atoms. The van der Waals surface area contributed by atoms with Gasteiger partial charge >= 0.3 is 0 Å². The van der Waals surface area contributed by atoms with E-state index in [1.165, 1.54) is 23.5 Å². The number of rotatable bonds is 5. The van der Waals surface area contributed by atoms with Crippen molar-refractivity contribution in [3.8, 4) is 0 Å². The number of amides is 2. The number of nitrogens with one attached hydrogen (secondary N) is 1. The van der Waals surface area contributed by atoms with Gasteiger partial charge in [-0.15, -0.1) is 10.2 Å². The van der Waals surface area contributed by atoms with E-state index in [0.29, 0.717) is 12.2 Å². The Kier molecular flexibility index (Phi) is 4.87. The van der Waals surface area contributed by atoms with Crippen LogP contribution in [0, 0.1) is 0 Å². The van der Waals surface area contributed by atoms with Crippen LogP contribution < -0.4 is 5.32 Å². The molecule has 7 nitrogen and oxygen atoms in total. The summed E-state index contributed by atoms with van der Waals surface area (Å²) >= 11 is 2.75. The number of hydrogen-bond donors (Lipinski definition) is 1. The first-order valence-electron chi connectivity index (χ1n) is 6.95. The molecule has 1 saturated heterocycles. The summed E-state index contributed by atoms with van der Waals surface area (Å²) in [5.74, 6) is 0.564. The fourth-order valence-corrected chi connectivity index (χ4v) is 3.61. The largest absolute Gasteiger partial charge is 0.325 e. The van der Waals surface area contributed by atoms with Gasteiger partial charge in [-0.1, -0.05) is 11.8 Å². The molecule has 0 aliphatic carbocycles. The lowest BCUT2D eigenvalue weighted by atomic mass is 10.3. The molecule has 2 heterocycles. The summed E-state index contributed by atoms with van der Waals surface area (Å²) < 4.78 is 1.84. The van der Waals surface area contributed by atoms with E-state index in [9.17, 15) is 9.59 Å². The van der Waals surface area contributed by atoms with Crippen LogP contribution in [-0.4, -0.2) is 49.7 Å². The highest BCUT2D eigenvalue weighted by molar-refractivity contribution is 8.13. The number of nitrogens with zero attached hydrogens (tertiary/aromatic N) is 4. The van der Waals surface area contributed by atoms with Crippen molar-refractivity contribution >= 4 is 40.4 Å². The smallest absolute Gasteiger partial charge is 0.282 e. The predicted octanol–water partition coefficient (Wildman–Crippen LogP) is 2.07. The molecule has 120 valence electrons. The number of carbonyl (C=O) groups is 2. The fraction of sp³-hybridized carbons (Fsp3) is 0.286. The van der Waals surface area contributed by atoms with Gasteiger partial charge in [0.05, 0.1) is 0 Å². The van der Waals surface area contributed by atoms with Crippen LogP contribution in [0.5, 0.6) is 0 Å². The van der Waals surface area contributed by atoms with Crippen molar-refractivity contribution in [1.29, 1.82) is 0 Å². The van der Waals surface area contributed by atoms with Crippen molar-refractivity contribution in [3.05, 3.63) is 30.6 Å². The normalized spacial score (nSPS) is 14.3. The Morgan fingerprint density at radius 2 is 2.17 bits per heavy atom. The minimum absolute atomic E-state index is 0.0319. The maximum atomic E-state index is 12.0. The molecule has 1 aromatic carbocycles. The number of aryl methyl sites for hydroxylation is 1. The van der Waals surface area contributed by atoms with Gasteiger partial charge in [-0.2, -0.15) is 0 Å². The van der Waals surface area contributed by atoms with Crippen LogP contribution in [0.1, 0.15) is 0 Å². The first-order chi connectivity index (χ1) is 11.1. The number of carbonyl (C=O) groups excluding carboxylic acids is 2. The number of thioether (sulfide) groups is 1. The van der Waals surface area contributed by atoms with Crippen molar-refractivity contribution in [2.45, 2.75) is 10.1 Å². The van der Waals surface area contributed by atoms with E-state index in [0.717, 1.165) is 15.8 Å². The molecule has 0 radical (unpaired) electrons. The lowest BCUT2D eigenvalue weighted by Crippen LogP contribution is -2.33. The molecular weight excluding hydrogens is 334 g/mol. The predicted molar refractivity (Wildman–Crippen MR) is 89.6 cm³/mol. The van der Waals surface area contributed by atoms with Gasteiger partial charge in [0, 0.05) is 29.9 Å². The molecule has 0 spiro atoms. The monoisotopic (exact) mass is 349 g/mol. The summed E-state index contributed by atoms with van der Waals surface area (Å²) in [4.78, 5) is 26.0. The van der Waals surface area contributed by atoms with E-state index in [-0.39, 0.29) is 17.7 Å². The van der Waals surface area contributed by atoms with E-state index in [2.05, 4.69) is 15.5 Å². The zero-order chi connectivity index (χ0) is 16.2. The maximum absolute atomic E-state index is 12.0. The van der Waals surface area contributed by atoms with Gasteiger partial charge in [-0.3, -0.25) is 9.59 Å². The first-order valence-corrected chi connectivity index (χ1v) is 8.75. The molecule has 2 amide bonds. The number of anilines is 1. The third-order valence-corrected chi connectivity index (χ3v) is 5.15. The molecule has 23 heavy (non-hydrogen) atoms. The maximum Gasteiger partial charge on any atom is 0.282 e. The standard InChI is InChI=1S/C14H15N5O2S2/c1-18-9-15-17-13(18)23-11-4-2-10(3-5-11)16-12(20)8-19-6-7-22-14(19)21/h2-5,9H,6-8H2,1H3,(H,16,20). The number of benzene rings is 1. The van der Waals surface area contributed by atoms with E-state index in [1.807, 2.05) is 35.9 Å². The average molecular weight is 349 g/mol. The Balaban J connectivity index is 1.56.